The fourth-order valence-corrected chi connectivity index (χ4v) is 4.43. The predicted octanol–water partition coefficient (Wildman–Crippen LogP) is 5.18. The maximum atomic E-state index is 14.9. The number of rotatable bonds is 6. The summed E-state index contributed by atoms with van der Waals surface area (Å²) < 4.78 is 51.5. The van der Waals surface area contributed by atoms with Gasteiger partial charge in [-0.25, -0.2) is 8.78 Å². The Morgan fingerprint density at radius 1 is 1.06 bits per heavy atom. The second-order valence-electron chi connectivity index (χ2n) is 8.22. The smallest absolute Gasteiger partial charge is 0.310 e. The van der Waals surface area contributed by atoms with Gasteiger partial charge in [-0.2, -0.15) is 0 Å². The summed E-state index contributed by atoms with van der Waals surface area (Å²) in [5.74, 6) is -0.430. The number of phenols is 1. The number of aromatic hydroxyl groups is 1. The molecule has 2 aliphatic rings. The Balaban J connectivity index is 1.47. The highest BCUT2D eigenvalue weighted by molar-refractivity contribution is 5.74. The van der Waals surface area contributed by atoms with Crippen molar-refractivity contribution in [1.29, 1.82) is 0 Å². The number of ether oxygens (including phenoxy) is 4. The van der Waals surface area contributed by atoms with E-state index in [0.717, 1.165) is 24.1 Å². The highest BCUT2D eigenvalue weighted by atomic mass is 19.1. The van der Waals surface area contributed by atoms with Crippen LogP contribution >= 0.6 is 0 Å². The normalized spacial score (nSPS) is 15.9. The minimum absolute atomic E-state index is 0.0150. The first-order valence-electron chi connectivity index (χ1n) is 10.9. The zero-order chi connectivity index (χ0) is 23.8. The van der Waals surface area contributed by atoms with Crippen LogP contribution in [0.2, 0.25) is 0 Å². The van der Waals surface area contributed by atoms with Gasteiger partial charge in [-0.1, -0.05) is 0 Å². The maximum absolute atomic E-state index is 14.9. The number of esters is 1. The summed E-state index contributed by atoms with van der Waals surface area (Å²) >= 11 is 0. The summed E-state index contributed by atoms with van der Waals surface area (Å²) in [6, 6.07) is 9.76. The summed E-state index contributed by atoms with van der Waals surface area (Å²) in [7, 11) is 1.32. The van der Waals surface area contributed by atoms with Gasteiger partial charge in [0.2, 0.25) is 0 Å². The molecule has 0 aromatic heterocycles. The molecule has 0 saturated heterocycles. The van der Waals surface area contributed by atoms with Crippen molar-refractivity contribution in [3.05, 3.63) is 76.4 Å². The molecule has 0 bridgehead atoms. The standard InChI is InChI=1S/C26H22F2O6/c1-31-25(30)11-15-10-14-8-9-32-22(14)13-23(15)34-21-6-3-17-20(7-5-19(28)26(17)21)33-24-12-16(29)2-4-18(24)27/h2,4-5,7,10,12-13,21,29H,3,6,8-9,11H2,1H3/t21-/m1/s1. The van der Waals surface area contributed by atoms with Crippen LogP contribution in [0.3, 0.4) is 0 Å². The highest BCUT2D eigenvalue weighted by Crippen LogP contribution is 2.44. The molecule has 5 rings (SSSR count). The molecule has 0 amide bonds. The van der Waals surface area contributed by atoms with E-state index >= 15 is 0 Å². The number of phenolic OH excluding ortho intramolecular Hbond substituents is 1. The third-order valence-corrected chi connectivity index (χ3v) is 6.08. The second-order valence-corrected chi connectivity index (χ2v) is 8.22. The van der Waals surface area contributed by atoms with E-state index in [0.29, 0.717) is 53.4 Å². The number of benzene rings is 3. The van der Waals surface area contributed by atoms with Crippen LogP contribution < -0.4 is 14.2 Å². The first-order valence-corrected chi connectivity index (χ1v) is 10.9. The fraction of sp³-hybridized carbons (Fsp3) is 0.269. The lowest BCUT2D eigenvalue weighted by Gasteiger charge is -2.19. The Labute approximate surface area is 194 Å². The minimum Gasteiger partial charge on any atom is -0.508 e. The molecule has 3 aromatic carbocycles. The number of halogens is 2. The van der Waals surface area contributed by atoms with Gasteiger partial charge in [0.25, 0.3) is 0 Å². The third kappa shape index (κ3) is 4.11. The Morgan fingerprint density at radius 2 is 1.88 bits per heavy atom. The zero-order valence-corrected chi connectivity index (χ0v) is 18.4. The highest BCUT2D eigenvalue weighted by Gasteiger charge is 2.32. The van der Waals surface area contributed by atoms with E-state index in [1.807, 2.05) is 6.07 Å². The van der Waals surface area contributed by atoms with Crippen molar-refractivity contribution in [2.24, 2.45) is 0 Å². The van der Waals surface area contributed by atoms with Crippen molar-refractivity contribution in [2.75, 3.05) is 13.7 Å². The molecule has 0 radical (unpaired) electrons. The van der Waals surface area contributed by atoms with Crippen molar-refractivity contribution in [2.45, 2.75) is 31.8 Å². The molecule has 0 saturated carbocycles. The van der Waals surface area contributed by atoms with Gasteiger partial charge < -0.3 is 24.1 Å². The van der Waals surface area contributed by atoms with Gasteiger partial charge in [0.1, 0.15) is 34.9 Å². The van der Waals surface area contributed by atoms with E-state index in [-0.39, 0.29) is 17.9 Å². The summed E-state index contributed by atoms with van der Waals surface area (Å²) in [4.78, 5) is 12.0. The summed E-state index contributed by atoms with van der Waals surface area (Å²) in [6.07, 6.45) is 1.02. The van der Waals surface area contributed by atoms with Gasteiger partial charge in [-0.05, 0) is 48.7 Å². The molecular weight excluding hydrogens is 446 g/mol. The van der Waals surface area contributed by atoms with Crippen LogP contribution in [-0.4, -0.2) is 24.8 Å². The van der Waals surface area contributed by atoms with Crippen LogP contribution in [0.5, 0.6) is 28.7 Å². The fourth-order valence-electron chi connectivity index (χ4n) is 4.43. The average molecular weight is 468 g/mol. The van der Waals surface area contributed by atoms with Crippen LogP contribution in [0.4, 0.5) is 8.78 Å². The Bertz CT molecular complexity index is 1270. The predicted molar refractivity (Wildman–Crippen MR) is 118 cm³/mol. The monoisotopic (exact) mass is 468 g/mol. The Morgan fingerprint density at radius 3 is 2.71 bits per heavy atom. The summed E-state index contributed by atoms with van der Waals surface area (Å²) in [5.41, 5.74) is 2.51. The SMILES string of the molecule is COC(=O)Cc1cc2c(cc1O[C@@H]1CCc3c(Oc4cc(O)ccc4F)ccc(F)c31)OCC2. The molecule has 8 heteroatoms. The van der Waals surface area contributed by atoms with Crippen LogP contribution in [0, 0.1) is 11.6 Å². The molecule has 3 aromatic rings. The van der Waals surface area contributed by atoms with Crippen LogP contribution in [0.15, 0.2) is 42.5 Å². The molecule has 1 heterocycles. The van der Waals surface area contributed by atoms with Gasteiger partial charge in [0.15, 0.2) is 11.6 Å². The van der Waals surface area contributed by atoms with Gasteiger partial charge >= 0.3 is 5.97 Å². The average Bonchev–Trinajstić information content (AvgIpc) is 3.45. The largest absolute Gasteiger partial charge is 0.508 e. The molecule has 0 unspecified atom stereocenters. The van der Waals surface area contributed by atoms with Gasteiger partial charge in [-0.15, -0.1) is 0 Å². The molecule has 0 spiro atoms. The Kier molecular flexibility index (Phi) is 5.73. The molecule has 6 nitrogen and oxygen atoms in total. The molecular formula is C26H22F2O6. The lowest BCUT2D eigenvalue weighted by atomic mass is 10.0. The van der Waals surface area contributed by atoms with Gasteiger partial charge in [0, 0.05) is 35.2 Å². The number of carbonyl (C=O) groups is 1. The van der Waals surface area contributed by atoms with Crippen LogP contribution in [-0.2, 0) is 28.8 Å². The van der Waals surface area contributed by atoms with Crippen molar-refractivity contribution in [3.8, 4) is 28.7 Å². The van der Waals surface area contributed by atoms with Crippen molar-refractivity contribution < 1.29 is 37.6 Å². The molecule has 1 N–H and O–H groups in total. The number of carbonyl (C=O) groups excluding carboxylic acids is 1. The number of methoxy groups -OCH3 is 1. The Hall–Kier alpha value is -3.81. The van der Waals surface area contributed by atoms with Crippen molar-refractivity contribution in [3.63, 3.8) is 0 Å². The van der Waals surface area contributed by atoms with E-state index in [9.17, 15) is 18.7 Å². The van der Waals surface area contributed by atoms with Gasteiger partial charge in [-0.3, -0.25) is 4.79 Å². The lowest BCUT2D eigenvalue weighted by Crippen LogP contribution is -2.11. The zero-order valence-electron chi connectivity index (χ0n) is 18.4. The first kappa shape index (κ1) is 22.0. The number of hydrogen-bond acceptors (Lipinski definition) is 6. The van der Waals surface area contributed by atoms with Gasteiger partial charge in [0.05, 0.1) is 20.1 Å². The molecule has 1 aliphatic carbocycles. The van der Waals surface area contributed by atoms with Crippen LogP contribution in [0.1, 0.15) is 34.8 Å². The van der Waals surface area contributed by atoms with E-state index in [1.165, 1.54) is 25.3 Å². The van der Waals surface area contributed by atoms with Crippen molar-refractivity contribution >= 4 is 5.97 Å². The first-order chi connectivity index (χ1) is 16.4. The summed E-state index contributed by atoms with van der Waals surface area (Å²) in [5, 5.41) is 9.66. The minimum atomic E-state index is -0.646. The van der Waals surface area contributed by atoms with E-state index in [4.69, 9.17) is 18.9 Å². The second kappa shape index (κ2) is 8.85. The maximum Gasteiger partial charge on any atom is 0.310 e. The van der Waals surface area contributed by atoms with Crippen molar-refractivity contribution in [1.82, 2.24) is 0 Å². The van der Waals surface area contributed by atoms with E-state index < -0.39 is 23.7 Å². The number of fused-ring (bicyclic) bond motifs is 2. The van der Waals surface area contributed by atoms with Crippen LogP contribution in [0.25, 0.3) is 0 Å². The number of hydrogen-bond donors (Lipinski definition) is 1. The molecule has 34 heavy (non-hydrogen) atoms. The topological polar surface area (TPSA) is 74.2 Å². The lowest BCUT2D eigenvalue weighted by molar-refractivity contribution is -0.139. The molecule has 0 fully saturated rings. The van der Waals surface area contributed by atoms with E-state index in [1.54, 1.807) is 6.07 Å². The quantitative estimate of drug-likeness (QED) is 0.503. The third-order valence-electron chi connectivity index (χ3n) is 6.08. The molecule has 176 valence electrons. The molecule has 1 atom stereocenters. The molecule has 1 aliphatic heterocycles. The summed E-state index contributed by atoms with van der Waals surface area (Å²) in [6.45, 7) is 0.545. The van der Waals surface area contributed by atoms with E-state index in [2.05, 4.69) is 0 Å².